The number of amides is 3. The van der Waals surface area contributed by atoms with Gasteiger partial charge in [0.2, 0.25) is 17.7 Å². The van der Waals surface area contributed by atoms with Crippen LogP contribution in [-0.2, 0) is 28.8 Å². The largest absolute Gasteiger partial charge is 0.481 e. The highest BCUT2D eigenvalue weighted by Crippen LogP contribution is 2.02. The van der Waals surface area contributed by atoms with Gasteiger partial charge in [-0.2, -0.15) is 0 Å². The lowest BCUT2D eigenvalue weighted by Gasteiger charge is -2.21. The fraction of sp³-hybridized carbons (Fsp3) is 0.571. The second-order valence-corrected chi connectivity index (χ2v) is 5.60. The number of primary amides is 1. The monoisotopic (exact) mass is 390 g/mol. The van der Waals surface area contributed by atoms with Gasteiger partial charge in [-0.15, -0.1) is 0 Å². The number of carboxylic acids is 3. The number of carbonyl (C=O) groups excluding carboxylic acids is 3. The molecule has 27 heavy (non-hydrogen) atoms. The van der Waals surface area contributed by atoms with Crippen molar-refractivity contribution in [3.8, 4) is 0 Å². The predicted molar refractivity (Wildman–Crippen MR) is 87.0 cm³/mol. The predicted octanol–water partition coefficient (Wildman–Crippen LogP) is -3.03. The summed E-state index contributed by atoms with van der Waals surface area (Å²) in [5.74, 6) is -7.02. The van der Waals surface area contributed by atoms with Crippen molar-refractivity contribution in [1.82, 2.24) is 10.6 Å². The van der Waals surface area contributed by atoms with Crippen molar-refractivity contribution < 1.29 is 44.1 Å². The topological polar surface area (TPSA) is 239 Å². The van der Waals surface area contributed by atoms with Crippen molar-refractivity contribution in [2.75, 3.05) is 0 Å². The Hall–Kier alpha value is -3.22. The Morgan fingerprint density at radius 3 is 1.78 bits per heavy atom. The minimum absolute atomic E-state index is 0.251. The fourth-order valence-corrected chi connectivity index (χ4v) is 1.89. The van der Waals surface area contributed by atoms with Gasteiger partial charge in [-0.05, 0) is 12.8 Å². The zero-order valence-electron chi connectivity index (χ0n) is 14.2. The highest BCUT2D eigenvalue weighted by molar-refractivity contribution is 5.94. The van der Waals surface area contributed by atoms with E-state index in [9.17, 15) is 28.8 Å². The Balaban J connectivity index is 5.03. The van der Waals surface area contributed by atoms with Crippen molar-refractivity contribution in [3.05, 3.63) is 0 Å². The summed E-state index contributed by atoms with van der Waals surface area (Å²) in [5, 5.41) is 30.5. The molecule has 0 saturated carbocycles. The second-order valence-electron chi connectivity index (χ2n) is 5.60. The van der Waals surface area contributed by atoms with Crippen LogP contribution in [0.3, 0.4) is 0 Å². The van der Waals surface area contributed by atoms with Crippen LogP contribution < -0.4 is 22.1 Å². The molecule has 3 amide bonds. The molecule has 0 aromatic heterocycles. The zero-order chi connectivity index (χ0) is 21.1. The molecule has 0 aromatic carbocycles. The standard InChI is InChI=1S/C14H22N4O9/c15-6(1-4-10(20)21)12(24)18-8(5-11(22)23)13(25)17-7(14(26)27)2-3-9(16)19/h6-8H,1-5,15H2,(H2,16,19)(H,17,25)(H,18,24)(H,20,21)(H,22,23)(H,26,27). The maximum atomic E-state index is 12.2. The maximum absolute atomic E-state index is 12.2. The highest BCUT2D eigenvalue weighted by Gasteiger charge is 2.29. The van der Waals surface area contributed by atoms with Gasteiger partial charge in [-0.25, -0.2) is 4.79 Å². The Kier molecular flexibility index (Phi) is 10.0. The van der Waals surface area contributed by atoms with Crippen LogP contribution in [0, 0.1) is 0 Å². The lowest BCUT2D eigenvalue weighted by Crippen LogP contribution is -2.55. The number of rotatable bonds is 13. The van der Waals surface area contributed by atoms with E-state index in [1.54, 1.807) is 0 Å². The molecule has 3 atom stereocenters. The molecule has 0 rings (SSSR count). The molecular weight excluding hydrogens is 368 g/mol. The van der Waals surface area contributed by atoms with E-state index < -0.39 is 66.6 Å². The number of nitrogens with two attached hydrogens (primary N) is 2. The van der Waals surface area contributed by atoms with Crippen LogP contribution in [-0.4, -0.2) is 69.1 Å². The van der Waals surface area contributed by atoms with Crippen LogP contribution in [0.2, 0.25) is 0 Å². The van der Waals surface area contributed by atoms with Gasteiger partial charge in [0.1, 0.15) is 12.1 Å². The number of hydrogen-bond donors (Lipinski definition) is 7. The van der Waals surface area contributed by atoms with E-state index in [2.05, 4.69) is 0 Å². The molecule has 0 aliphatic rings. The molecule has 13 heteroatoms. The molecule has 0 heterocycles. The first kappa shape index (κ1) is 23.8. The number of nitrogens with one attached hydrogen (secondary N) is 2. The minimum atomic E-state index is -1.65. The Morgan fingerprint density at radius 2 is 1.33 bits per heavy atom. The summed E-state index contributed by atoms with van der Waals surface area (Å²) >= 11 is 0. The average molecular weight is 390 g/mol. The van der Waals surface area contributed by atoms with Crippen molar-refractivity contribution in [2.24, 2.45) is 11.5 Å². The third-order valence-electron chi connectivity index (χ3n) is 3.31. The van der Waals surface area contributed by atoms with Crippen LogP contribution >= 0.6 is 0 Å². The molecule has 0 saturated heterocycles. The van der Waals surface area contributed by atoms with Gasteiger partial charge in [0, 0.05) is 12.8 Å². The first-order valence-electron chi connectivity index (χ1n) is 7.75. The number of carbonyl (C=O) groups is 6. The Bertz CT molecular complexity index is 607. The Morgan fingerprint density at radius 1 is 0.778 bits per heavy atom. The summed E-state index contributed by atoms with van der Waals surface area (Å²) in [6.45, 7) is 0. The number of carboxylic acid groups (broad SMARTS) is 3. The SMILES string of the molecule is NC(=O)CCC(NC(=O)C(CC(=O)O)NC(=O)C(N)CCC(=O)O)C(=O)O. The van der Waals surface area contributed by atoms with Gasteiger partial charge in [-0.1, -0.05) is 0 Å². The third-order valence-corrected chi connectivity index (χ3v) is 3.31. The lowest BCUT2D eigenvalue weighted by molar-refractivity contribution is -0.143. The minimum Gasteiger partial charge on any atom is -0.481 e. The maximum Gasteiger partial charge on any atom is 0.326 e. The summed E-state index contributed by atoms with van der Waals surface area (Å²) in [5.41, 5.74) is 10.4. The quantitative estimate of drug-likeness (QED) is 0.168. The van der Waals surface area contributed by atoms with Crippen molar-refractivity contribution >= 4 is 35.6 Å². The van der Waals surface area contributed by atoms with E-state index in [1.165, 1.54) is 0 Å². The highest BCUT2D eigenvalue weighted by atomic mass is 16.4. The van der Waals surface area contributed by atoms with Gasteiger partial charge >= 0.3 is 17.9 Å². The van der Waals surface area contributed by atoms with E-state index in [1.807, 2.05) is 10.6 Å². The third kappa shape index (κ3) is 10.4. The molecule has 9 N–H and O–H groups in total. The molecule has 0 aliphatic heterocycles. The summed E-state index contributed by atoms with van der Waals surface area (Å²) in [6.07, 6.45) is -2.21. The fourth-order valence-electron chi connectivity index (χ4n) is 1.89. The van der Waals surface area contributed by atoms with Crippen LogP contribution in [0.15, 0.2) is 0 Å². The average Bonchev–Trinajstić information content (AvgIpc) is 2.54. The molecule has 0 bridgehead atoms. The molecule has 0 aliphatic carbocycles. The number of hydrogen-bond acceptors (Lipinski definition) is 7. The molecule has 152 valence electrons. The van der Waals surface area contributed by atoms with Gasteiger partial charge in [0.15, 0.2) is 0 Å². The second kappa shape index (κ2) is 11.4. The van der Waals surface area contributed by atoms with Gasteiger partial charge in [0.25, 0.3) is 0 Å². The zero-order valence-corrected chi connectivity index (χ0v) is 14.2. The van der Waals surface area contributed by atoms with Crippen molar-refractivity contribution in [2.45, 2.75) is 50.2 Å². The van der Waals surface area contributed by atoms with Crippen LogP contribution in [0.1, 0.15) is 32.1 Å². The van der Waals surface area contributed by atoms with Crippen molar-refractivity contribution in [1.29, 1.82) is 0 Å². The van der Waals surface area contributed by atoms with E-state index in [4.69, 9.17) is 26.8 Å². The van der Waals surface area contributed by atoms with E-state index in [0.717, 1.165) is 0 Å². The smallest absolute Gasteiger partial charge is 0.326 e. The van der Waals surface area contributed by atoms with Crippen LogP contribution in [0.25, 0.3) is 0 Å². The van der Waals surface area contributed by atoms with Gasteiger partial charge < -0.3 is 37.4 Å². The molecule has 13 nitrogen and oxygen atoms in total. The lowest BCUT2D eigenvalue weighted by atomic mass is 10.1. The number of aliphatic carboxylic acids is 3. The van der Waals surface area contributed by atoms with E-state index in [0.29, 0.717) is 0 Å². The van der Waals surface area contributed by atoms with E-state index >= 15 is 0 Å². The van der Waals surface area contributed by atoms with Gasteiger partial charge in [0.05, 0.1) is 12.5 Å². The molecular formula is C14H22N4O9. The Labute approximate surface area is 153 Å². The van der Waals surface area contributed by atoms with E-state index in [-0.39, 0.29) is 19.3 Å². The van der Waals surface area contributed by atoms with Crippen LogP contribution in [0.4, 0.5) is 0 Å². The van der Waals surface area contributed by atoms with Crippen molar-refractivity contribution in [3.63, 3.8) is 0 Å². The summed E-state index contributed by atoms with van der Waals surface area (Å²) in [6, 6.07) is -4.49. The molecule has 0 aromatic rings. The summed E-state index contributed by atoms with van der Waals surface area (Å²) < 4.78 is 0. The molecule has 3 unspecified atom stereocenters. The van der Waals surface area contributed by atoms with Gasteiger partial charge in [-0.3, -0.25) is 24.0 Å². The summed E-state index contributed by atoms with van der Waals surface area (Å²) in [7, 11) is 0. The molecule has 0 spiro atoms. The summed E-state index contributed by atoms with van der Waals surface area (Å²) in [4.78, 5) is 67.3. The first-order chi connectivity index (χ1) is 12.4. The first-order valence-corrected chi connectivity index (χ1v) is 7.75. The van der Waals surface area contributed by atoms with Crippen LogP contribution in [0.5, 0.6) is 0 Å². The normalized spacial score (nSPS) is 13.7. The molecule has 0 fully saturated rings. The molecule has 0 radical (unpaired) electrons.